The molecule has 7 heteroatoms. The number of rotatable bonds is 6. The predicted octanol–water partition coefficient (Wildman–Crippen LogP) is 2.69. The molecule has 1 N–H and O–H groups in total. The molecule has 1 aromatic heterocycles. The maximum absolute atomic E-state index is 13.0. The Hall–Kier alpha value is -2.67. The highest BCUT2D eigenvalue weighted by molar-refractivity contribution is 5.98. The molecule has 0 atom stereocenters. The Kier molecular flexibility index (Phi) is 6.24. The van der Waals surface area contributed by atoms with Crippen molar-refractivity contribution in [1.82, 2.24) is 10.3 Å². The number of anilines is 1. The van der Waals surface area contributed by atoms with E-state index < -0.39 is 0 Å². The second-order valence-electron chi connectivity index (χ2n) is 6.32. The Labute approximate surface area is 158 Å². The smallest absolute Gasteiger partial charge is 0.257 e. The second-order valence-corrected chi connectivity index (χ2v) is 6.32. The van der Waals surface area contributed by atoms with Crippen LogP contribution in [0.2, 0.25) is 0 Å². The fourth-order valence-corrected chi connectivity index (χ4v) is 2.97. The number of morpholine rings is 1. The molecule has 0 aliphatic carbocycles. The molecule has 0 saturated carbocycles. The lowest BCUT2D eigenvalue weighted by atomic mass is 10.1. The maximum Gasteiger partial charge on any atom is 0.257 e. The Balaban J connectivity index is 1.79. The minimum Gasteiger partial charge on any atom is -0.477 e. The first kappa shape index (κ1) is 19.1. The fourth-order valence-electron chi connectivity index (χ4n) is 2.97. The molecule has 1 fully saturated rings. The third-order valence-corrected chi connectivity index (χ3v) is 4.38. The summed E-state index contributed by atoms with van der Waals surface area (Å²) in [5, 5.41) is 2.86. The maximum atomic E-state index is 13.0. The molecule has 0 bridgehead atoms. The van der Waals surface area contributed by atoms with Gasteiger partial charge in [-0.15, -0.1) is 0 Å². The summed E-state index contributed by atoms with van der Waals surface area (Å²) >= 11 is 0. The molecule has 0 radical (unpaired) electrons. The van der Waals surface area contributed by atoms with E-state index in [0.29, 0.717) is 37.8 Å². The number of carbonyl (C=O) groups is 1. The fraction of sp³-hybridized carbons (Fsp3) is 0.400. The van der Waals surface area contributed by atoms with Gasteiger partial charge < -0.3 is 19.7 Å². The molecule has 2 aromatic rings. The number of carbonyl (C=O) groups excluding carboxylic acids is 1. The van der Waals surface area contributed by atoms with Crippen LogP contribution in [0.15, 0.2) is 30.3 Å². The summed E-state index contributed by atoms with van der Waals surface area (Å²) in [6.07, 6.45) is 0. The zero-order chi connectivity index (χ0) is 19.2. The molecule has 0 unspecified atom stereocenters. The van der Waals surface area contributed by atoms with Crippen molar-refractivity contribution in [2.24, 2.45) is 0 Å². The molecule has 144 valence electrons. The van der Waals surface area contributed by atoms with Crippen LogP contribution in [0.5, 0.6) is 5.88 Å². The number of nitrogens with zero attached hydrogens (tertiary/aromatic N) is 2. The Morgan fingerprint density at radius 3 is 2.67 bits per heavy atom. The normalized spacial score (nSPS) is 14.1. The number of amides is 1. The van der Waals surface area contributed by atoms with E-state index in [1.807, 2.05) is 19.9 Å². The van der Waals surface area contributed by atoms with Gasteiger partial charge in [-0.2, -0.15) is 4.98 Å². The van der Waals surface area contributed by atoms with Gasteiger partial charge in [0, 0.05) is 19.6 Å². The van der Waals surface area contributed by atoms with Gasteiger partial charge in [0.05, 0.1) is 19.8 Å². The average Bonchev–Trinajstić information content (AvgIpc) is 2.68. The van der Waals surface area contributed by atoms with Crippen molar-refractivity contribution in [3.63, 3.8) is 0 Å². The highest BCUT2D eigenvalue weighted by atomic mass is 19.1. The van der Waals surface area contributed by atoms with Crippen molar-refractivity contribution in [3.05, 3.63) is 52.8 Å². The number of ether oxygens (including phenoxy) is 2. The molecule has 1 aromatic carbocycles. The SMILES string of the molecule is CCOc1nc(N2CCOCC2)cc(C)c1C(=O)NCc1ccc(F)cc1. The summed E-state index contributed by atoms with van der Waals surface area (Å²) < 4.78 is 24.1. The number of hydrogen-bond donors (Lipinski definition) is 1. The molecule has 1 aliphatic heterocycles. The first-order valence-corrected chi connectivity index (χ1v) is 9.08. The van der Waals surface area contributed by atoms with Crippen LogP contribution in [0.1, 0.15) is 28.4 Å². The summed E-state index contributed by atoms with van der Waals surface area (Å²) in [7, 11) is 0. The molecule has 1 amide bonds. The van der Waals surface area contributed by atoms with Gasteiger partial charge in [0.15, 0.2) is 0 Å². The molecular formula is C20H24FN3O3. The number of benzene rings is 1. The van der Waals surface area contributed by atoms with Gasteiger partial charge in [-0.05, 0) is 43.2 Å². The van der Waals surface area contributed by atoms with Crippen molar-refractivity contribution >= 4 is 11.7 Å². The van der Waals surface area contributed by atoms with E-state index in [4.69, 9.17) is 9.47 Å². The van der Waals surface area contributed by atoms with Gasteiger partial charge in [0.25, 0.3) is 5.91 Å². The largest absolute Gasteiger partial charge is 0.477 e. The third kappa shape index (κ3) is 4.74. The van der Waals surface area contributed by atoms with Crippen molar-refractivity contribution in [1.29, 1.82) is 0 Å². The monoisotopic (exact) mass is 373 g/mol. The molecule has 0 spiro atoms. The summed E-state index contributed by atoms with van der Waals surface area (Å²) in [5.41, 5.74) is 2.04. The zero-order valence-corrected chi connectivity index (χ0v) is 15.6. The highest BCUT2D eigenvalue weighted by Crippen LogP contribution is 2.26. The van der Waals surface area contributed by atoms with Gasteiger partial charge in [-0.25, -0.2) is 4.39 Å². The lowest BCUT2D eigenvalue weighted by Gasteiger charge is -2.28. The van der Waals surface area contributed by atoms with Crippen LogP contribution in [0.3, 0.4) is 0 Å². The Morgan fingerprint density at radius 1 is 1.30 bits per heavy atom. The average molecular weight is 373 g/mol. The van der Waals surface area contributed by atoms with Crippen LogP contribution in [-0.4, -0.2) is 43.8 Å². The highest BCUT2D eigenvalue weighted by Gasteiger charge is 2.21. The first-order chi connectivity index (χ1) is 13.1. The van der Waals surface area contributed by atoms with Crippen LogP contribution < -0.4 is 15.0 Å². The van der Waals surface area contributed by atoms with Gasteiger partial charge in [-0.1, -0.05) is 12.1 Å². The summed E-state index contributed by atoms with van der Waals surface area (Å²) in [5.74, 6) is 0.550. The predicted molar refractivity (Wildman–Crippen MR) is 101 cm³/mol. The topological polar surface area (TPSA) is 63.7 Å². The minimum atomic E-state index is -0.303. The second kappa shape index (κ2) is 8.81. The number of halogens is 1. The van der Waals surface area contributed by atoms with Crippen LogP contribution in [-0.2, 0) is 11.3 Å². The minimum absolute atomic E-state index is 0.263. The van der Waals surface area contributed by atoms with E-state index in [1.54, 1.807) is 12.1 Å². The van der Waals surface area contributed by atoms with Crippen LogP contribution >= 0.6 is 0 Å². The van der Waals surface area contributed by atoms with Crippen molar-refractivity contribution in [2.45, 2.75) is 20.4 Å². The van der Waals surface area contributed by atoms with Crippen LogP contribution in [0.4, 0.5) is 10.2 Å². The molecule has 1 saturated heterocycles. The van der Waals surface area contributed by atoms with Crippen LogP contribution in [0, 0.1) is 12.7 Å². The third-order valence-electron chi connectivity index (χ3n) is 4.38. The van der Waals surface area contributed by atoms with E-state index in [0.717, 1.165) is 30.0 Å². The Morgan fingerprint density at radius 2 is 2.00 bits per heavy atom. The van der Waals surface area contributed by atoms with E-state index in [2.05, 4.69) is 15.2 Å². The summed E-state index contributed by atoms with van der Waals surface area (Å²) in [6, 6.07) is 7.94. The molecular weight excluding hydrogens is 349 g/mol. The number of hydrogen-bond acceptors (Lipinski definition) is 5. The standard InChI is InChI=1S/C20H24FN3O3/c1-3-27-20-18(19(25)22-13-15-4-6-16(21)7-5-15)14(2)12-17(23-20)24-8-10-26-11-9-24/h4-7,12H,3,8-11,13H2,1-2H3,(H,22,25). The molecule has 6 nitrogen and oxygen atoms in total. The number of nitrogens with one attached hydrogen (secondary N) is 1. The molecule has 27 heavy (non-hydrogen) atoms. The number of pyridine rings is 1. The first-order valence-electron chi connectivity index (χ1n) is 9.08. The van der Waals surface area contributed by atoms with Gasteiger partial charge >= 0.3 is 0 Å². The lowest BCUT2D eigenvalue weighted by Crippen LogP contribution is -2.37. The van der Waals surface area contributed by atoms with Crippen molar-refractivity contribution in [2.75, 3.05) is 37.8 Å². The van der Waals surface area contributed by atoms with E-state index in [1.165, 1.54) is 12.1 Å². The molecule has 3 rings (SSSR count). The van der Waals surface area contributed by atoms with Gasteiger partial charge in [-0.3, -0.25) is 4.79 Å². The van der Waals surface area contributed by atoms with Gasteiger partial charge in [0.2, 0.25) is 5.88 Å². The Bertz CT molecular complexity index is 790. The van der Waals surface area contributed by atoms with E-state index in [-0.39, 0.29) is 11.7 Å². The lowest BCUT2D eigenvalue weighted by molar-refractivity contribution is 0.0945. The number of aryl methyl sites for hydroxylation is 1. The number of aromatic nitrogens is 1. The van der Waals surface area contributed by atoms with Crippen molar-refractivity contribution in [3.8, 4) is 5.88 Å². The molecule has 2 heterocycles. The summed E-state index contributed by atoms with van der Waals surface area (Å²) in [6.45, 7) is 7.28. The quantitative estimate of drug-likeness (QED) is 0.844. The zero-order valence-electron chi connectivity index (χ0n) is 15.6. The summed E-state index contributed by atoms with van der Waals surface area (Å²) in [4.78, 5) is 19.4. The van der Waals surface area contributed by atoms with Crippen LogP contribution in [0.25, 0.3) is 0 Å². The van der Waals surface area contributed by atoms with Gasteiger partial charge in [0.1, 0.15) is 17.2 Å². The van der Waals surface area contributed by atoms with E-state index >= 15 is 0 Å². The van der Waals surface area contributed by atoms with E-state index in [9.17, 15) is 9.18 Å². The van der Waals surface area contributed by atoms with Crippen molar-refractivity contribution < 1.29 is 18.7 Å². The molecule has 1 aliphatic rings.